The predicted octanol–water partition coefficient (Wildman–Crippen LogP) is -0.404. The van der Waals surface area contributed by atoms with Crippen molar-refractivity contribution in [3.63, 3.8) is 0 Å². The first kappa shape index (κ1) is 16.5. The third-order valence-electron chi connectivity index (χ3n) is 4.23. The van der Waals surface area contributed by atoms with Gasteiger partial charge in [0, 0.05) is 19.4 Å². The molecule has 2 aliphatic heterocycles. The van der Waals surface area contributed by atoms with Gasteiger partial charge in [0.1, 0.15) is 17.9 Å². The second kappa shape index (κ2) is 6.46. The molecule has 2 N–H and O–H groups in total. The molecule has 2 saturated heterocycles. The summed E-state index contributed by atoms with van der Waals surface area (Å²) in [4.78, 5) is 49.0. The van der Waals surface area contributed by atoms with Crippen molar-refractivity contribution in [2.24, 2.45) is 5.92 Å². The smallest absolute Gasteiger partial charge is 0.246 e. The summed E-state index contributed by atoms with van der Waals surface area (Å²) in [7, 11) is 0. The molecule has 2 fully saturated rings. The van der Waals surface area contributed by atoms with Gasteiger partial charge in [-0.2, -0.15) is 0 Å². The van der Waals surface area contributed by atoms with Crippen LogP contribution in [0.15, 0.2) is 0 Å². The van der Waals surface area contributed by atoms with Crippen LogP contribution in [-0.2, 0) is 19.2 Å². The summed E-state index contributed by atoms with van der Waals surface area (Å²) in [6.45, 7) is 5.68. The summed E-state index contributed by atoms with van der Waals surface area (Å²) in [6, 6.07) is -1.50. The van der Waals surface area contributed by atoms with Crippen molar-refractivity contribution in [3.8, 4) is 0 Å². The summed E-state index contributed by atoms with van der Waals surface area (Å²) < 4.78 is 0. The van der Waals surface area contributed by atoms with E-state index in [4.69, 9.17) is 0 Å². The summed E-state index contributed by atoms with van der Waals surface area (Å²) in [5.41, 5.74) is 0. The van der Waals surface area contributed by atoms with Gasteiger partial charge in [-0.25, -0.2) is 0 Å². The van der Waals surface area contributed by atoms with Crippen molar-refractivity contribution < 1.29 is 19.2 Å². The van der Waals surface area contributed by atoms with Gasteiger partial charge in [0.15, 0.2) is 0 Å². The Balaban J connectivity index is 2.01. The molecule has 22 heavy (non-hydrogen) atoms. The minimum Gasteiger partial charge on any atom is -0.351 e. The Hall–Kier alpha value is -1.92. The molecule has 0 spiro atoms. The molecule has 0 saturated carbocycles. The SMILES string of the molecule is CC(=O)CCC(=O)N[C@H]1CCN2C(=O)[C@@H](C(C)C)NC(=O)[C@H]12. The fraction of sp³-hybridized carbons (Fsp3) is 0.733. The number of ketones is 1. The lowest BCUT2D eigenvalue weighted by atomic mass is 9.97. The number of nitrogens with one attached hydrogen (secondary N) is 2. The number of nitrogens with zero attached hydrogens (tertiary/aromatic N) is 1. The lowest BCUT2D eigenvalue weighted by molar-refractivity contribution is -0.149. The number of piperazine rings is 1. The van der Waals surface area contributed by atoms with E-state index < -0.39 is 12.1 Å². The molecule has 0 aliphatic carbocycles. The van der Waals surface area contributed by atoms with E-state index in [9.17, 15) is 19.2 Å². The zero-order valence-corrected chi connectivity index (χ0v) is 13.2. The van der Waals surface area contributed by atoms with Crippen molar-refractivity contribution in [2.45, 2.75) is 58.2 Å². The number of rotatable bonds is 5. The first-order valence-electron chi connectivity index (χ1n) is 7.71. The van der Waals surface area contributed by atoms with Crippen molar-refractivity contribution in [2.75, 3.05) is 6.54 Å². The molecule has 2 rings (SSSR count). The van der Waals surface area contributed by atoms with Crippen molar-refractivity contribution >= 4 is 23.5 Å². The van der Waals surface area contributed by atoms with Crippen LogP contribution < -0.4 is 10.6 Å². The van der Waals surface area contributed by atoms with Crippen LogP contribution >= 0.6 is 0 Å². The lowest BCUT2D eigenvalue weighted by Gasteiger charge is -2.37. The van der Waals surface area contributed by atoms with Gasteiger partial charge in [0.25, 0.3) is 0 Å². The first-order valence-corrected chi connectivity index (χ1v) is 7.71. The molecule has 0 bridgehead atoms. The number of carbonyl (C=O) groups excluding carboxylic acids is 4. The molecule has 2 aliphatic rings. The predicted molar refractivity (Wildman–Crippen MR) is 78.7 cm³/mol. The molecule has 122 valence electrons. The molecule has 7 heteroatoms. The minimum absolute atomic E-state index is 0.0293. The Labute approximate surface area is 129 Å². The van der Waals surface area contributed by atoms with Gasteiger partial charge in [-0.3, -0.25) is 14.4 Å². The molecule has 7 nitrogen and oxygen atoms in total. The van der Waals surface area contributed by atoms with Crippen LogP contribution in [0.1, 0.15) is 40.0 Å². The fourth-order valence-electron chi connectivity index (χ4n) is 3.01. The number of carbonyl (C=O) groups is 4. The van der Waals surface area contributed by atoms with E-state index >= 15 is 0 Å². The van der Waals surface area contributed by atoms with Crippen LogP contribution in [0.4, 0.5) is 0 Å². The topological polar surface area (TPSA) is 95.6 Å². The van der Waals surface area contributed by atoms with E-state index in [1.807, 2.05) is 13.8 Å². The molecular weight excluding hydrogens is 286 g/mol. The fourth-order valence-corrected chi connectivity index (χ4v) is 3.01. The van der Waals surface area contributed by atoms with E-state index in [2.05, 4.69) is 10.6 Å². The van der Waals surface area contributed by atoms with Gasteiger partial charge >= 0.3 is 0 Å². The molecule has 0 aromatic rings. The molecule has 0 aromatic heterocycles. The summed E-state index contributed by atoms with van der Waals surface area (Å²) in [5.74, 6) is -0.573. The highest BCUT2D eigenvalue weighted by molar-refractivity contribution is 5.98. The zero-order valence-electron chi connectivity index (χ0n) is 13.2. The van der Waals surface area contributed by atoms with Gasteiger partial charge < -0.3 is 20.3 Å². The van der Waals surface area contributed by atoms with Crippen LogP contribution in [0.25, 0.3) is 0 Å². The Bertz CT molecular complexity index is 503. The van der Waals surface area contributed by atoms with Gasteiger partial charge in [0.2, 0.25) is 17.7 Å². The third kappa shape index (κ3) is 3.28. The number of hydrogen-bond donors (Lipinski definition) is 2. The van der Waals surface area contributed by atoms with Crippen molar-refractivity contribution in [3.05, 3.63) is 0 Å². The maximum absolute atomic E-state index is 12.4. The van der Waals surface area contributed by atoms with Crippen LogP contribution in [0, 0.1) is 5.92 Å². The standard InChI is InChI=1S/C15H23N3O4/c1-8(2)12-15(22)18-7-6-10(13(18)14(21)17-12)16-11(20)5-4-9(3)19/h8,10,12-13H,4-7H2,1-3H3,(H,16,20)(H,17,21)/t10-,12+,13-/m0/s1. The average Bonchev–Trinajstić information content (AvgIpc) is 2.85. The zero-order chi connectivity index (χ0) is 16.4. The minimum atomic E-state index is -0.635. The number of amides is 3. The molecule has 2 heterocycles. The van der Waals surface area contributed by atoms with Crippen LogP contribution in [0.3, 0.4) is 0 Å². The van der Waals surface area contributed by atoms with Crippen LogP contribution in [0.5, 0.6) is 0 Å². The summed E-state index contributed by atoms with van der Waals surface area (Å²) in [5, 5.41) is 5.54. The number of Topliss-reactive ketones (excluding diaryl/α,β-unsaturated/α-hetero) is 1. The summed E-state index contributed by atoms with van der Waals surface area (Å²) in [6.07, 6.45) is 0.858. The first-order chi connectivity index (χ1) is 10.3. The molecular formula is C15H23N3O4. The van der Waals surface area contributed by atoms with Gasteiger partial charge in [-0.15, -0.1) is 0 Å². The van der Waals surface area contributed by atoms with Crippen molar-refractivity contribution in [1.82, 2.24) is 15.5 Å². The number of fused-ring (bicyclic) bond motifs is 1. The monoisotopic (exact) mass is 309 g/mol. The van der Waals surface area contributed by atoms with Crippen molar-refractivity contribution in [1.29, 1.82) is 0 Å². The number of hydrogen-bond acceptors (Lipinski definition) is 4. The maximum atomic E-state index is 12.4. The van der Waals surface area contributed by atoms with Gasteiger partial charge in [0.05, 0.1) is 6.04 Å². The molecule has 3 atom stereocenters. The quantitative estimate of drug-likeness (QED) is 0.722. The molecule has 0 unspecified atom stereocenters. The Morgan fingerprint density at radius 3 is 2.59 bits per heavy atom. The molecule has 0 aromatic carbocycles. The van der Waals surface area contributed by atoms with E-state index in [0.717, 1.165) is 0 Å². The van der Waals surface area contributed by atoms with Gasteiger partial charge in [-0.05, 0) is 19.3 Å². The largest absolute Gasteiger partial charge is 0.351 e. The summed E-state index contributed by atoms with van der Waals surface area (Å²) >= 11 is 0. The maximum Gasteiger partial charge on any atom is 0.246 e. The highest BCUT2D eigenvalue weighted by Gasteiger charge is 2.49. The van der Waals surface area contributed by atoms with E-state index in [1.54, 1.807) is 4.90 Å². The highest BCUT2D eigenvalue weighted by Crippen LogP contribution is 2.25. The second-order valence-corrected chi connectivity index (χ2v) is 6.37. The Morgan fingerprint density at radius 1 is 1.32 bits per heavy atom. The Morgan fingerprint density at radius 2 is 2.00 bits per heavy atom. The Kier molecular flexibility index (Phi) is 4.83. The van der Waals surface area contributed by atoms with E-state index in [-0.39, 0.29) is 48.3 Å². The molecule has 3 amide bonds. The van der Waals surface area contributed by atoms with E-state index in [0.29, 0.717) is 13.0 Å². The lowest BCUT2D eigenvalue weighted by Crippen LogP contribution is -2.66. The molecule has 0 radical (unpaired) electrons. The second-order valence-electron chi connectivity index (χ2n) is 6.37. The van der Waals surface area contributed by atoms with Crippen LogP contribution in [-0.4, -0.2) is 53.1 Å². The average molecular weight is 309 g/mol. The van der Waals surface area contributed by atoms with Gasteiger partial charge in [-0.1, -0.05) is 13.8 Å². The van der Waals surface area contributed by atoms with Crippen LogP contribution in [0.2, 0.25) is 0 Å². The highest BCUT2D eigenvalue weighted by atomic mass is 16.2. The van der Waals surface area contributed by atoms with E-state index in [1.165, 1.54) is 6.92 Å². The normalized spacial score (nSPS) is 27.6. The third-order valence-corrected chi connectivity index (χ3v) is 4.23.